The fourth-order valence-corrected chi connectivity index (χ4v) is 3.04. The van der Waals surface area contributed by atoms with E-state index < -0.39 is 0 Å². The van der Waals surface area contributed by atoms with Gasteiger partial charge in [0.25, 0.3) is 5.91 Å². The molecule has 2 rings (SSSR count). The molecule has 1 N–H and O–H groups in total. The number of carbonyl (C=O) groups is 1. The number of halogens is 1. The number of nitrogens with one attached hydrogen (secondary N) is 1. The predicted octanol–water partition coefficient (Wildman–Crippen LogP) is 3.91. The van der Waals surface area contributed by atoms with Crippen LogP contribution in [-0.2, 0) is 0 Å². The van der Waals surface area contributed by atoms with Crippen LogP contribution in [0.25, 0.3) is 0 Å². The van der Waals surface area contributed by atoms with Crippen molar-refractivity contribution in [2.75, 3.05) is 7.11 Å². The average molecular weight is 326 g/mol. The van der Waals surface area contributed by atoms with Crippen molar-refractivity contribution >= 4 is 21.8 Å². The van der Waals surface area contributed by atoms with Gasteiger partial charge in [0.2, 0.25) is 0 Å². The Morgan fingerprint density at radius 3 is 2.53 bits per heavy atom. The molecule has 0 aromatic heterocycles. The van der Waals surface area contributed by atoms with E-state index in [0.29, 0.717) is 11.6 Å². The number of hydrogen-bond acceptors (Lipinski definition) is 2. The topological polar surface area (TPSA) is 38.3 Å². The maximum absolute atomic E-state index is 12.2. The zero-order valence-corrected chi connectivity index (χ0v) is 12.8. The van der Waals surface area contributed by atoms with E-state index in [1.807, 2.05) is 12.1 Å². The molecule has 1 aromatic rings. The van der Waals surface area contributed by atoms with Gasteiger partial charge in [-0.25, -0.2) is 0 Å². The molecule has 0 saturated heterocycles. The smallest absolute Gasteiger partial charge is 0.251 e. The first-order valence-corrected chi connectivity index (χ1v) is 7.64. The van der Waals surface area contributed by atoms with Crippen LogP contribution in [0.1, 0.15) is 48.9 Å². The Kier molecular flexibility index (Phi) is 5.25. The van der Waals surface area contributed by atoms with Crippen molar-refractivity contribution in [3.8, 4) is 5.75 Å². The number of ether oxygens (including phenoxy) is 1. The normalized spacial score (nSPS) is 16.7. The summed E-state index contributed by atoms with van der Waals surface area (Å²) in [5.41, 5.74) is 0.678. The SMILES string of the molecule is COc1ccc(C(=O)NC2CCCCCC2)cc1Br. The summed E-state index contributed by atoms with van der Waals surface area (Å²) in [4.78, 5) is 12.2. The minimum absolute atomic E-state index is 0.00949. The van der Waals surface area contributed by atoms with Gasteiger partial charge >= 0.3 is 0 Å². The molecule has 1 aliphatic rings. The van der Waals surface area contributed by atoms with Crippen molar-refractivity contribution in [1.82, 2.24) is 5.32 Å². The molecule has 1 fully saturated rings. The second-order valence-electron chi connectivity index (χ2n) is 5.01. The predicted molar refractivity (Wildman–Crippen MR) is 79.7 cm³/mol. The molecule has 4 heteroatoms. The fraction of sp³-hybridized carbons (Fsp3) is 0.533. The first-order valence-electron chi connectivity index (χ1n) is 6.85. The second-order valence-corrected chi connectivity index (χ2v) is 5.87. The number of methoxy groups -OCH3 is 1. The quantitative estimate of drug-likeness (QED) is 0.855. The largest absolute Gasteiger partial charge is 0.496 e. The van der Waals surface area contributed by atoms with Crippen molar-refractivity contribution < 1.29 is 9.53 Å². The molecule has 0 heterocycles. The number of amides is 1. The van der Waals surface area contributed by atoms with Gasteiger partial charge in [-0.05, 0) is 47.0 Å². The Labute approximate surface area is 122 Å². The van der Waals surface area contributed by atoms with Gasteiger partial charge in [-0.2, -0.15) is 0 Å². The summed E-state index contributed by atoms with van der Waals surface area (Å²) in [6, 6.07) is 5.75. The highest BCUT2D eigenvalue weighted by Gasteiger charge is 2.16. The van der Waals surface area contributed by atoms with Gasteiger partial charge in [0.1, 0.15) is 5.75 Å². The molecule has 0 radical (unpaired) electrons. The zero-order valence-electron chi connectivity index (χ0n) is 11.2. The van der Waals surface area contributed by atoms with Gasteiger partial charge in [0, 0.05) is 11.6 Å². The van der Waals surface area contributed by atoms with Gasteiger partial charge in [-0.15, -0.1) is 0 Å². The van der Waals surface area contributed by atoms with Gasteiger partial charge in [-0.1, -0.05) is 25.7 Å². The van der Waals surface area contributed by atoms with Crippen LogP contribution < -0.4 is 10.1 Å². The highest BCUT2D eigenvalue weighted by molar-refractivity contribution is 9.10. The van der Waals surface area contributed by atoms with Gasteiger partial charge in [-0.3, -0.25) is 4.79 Å². The minimum atomic E-state index is 0.00949. The summed E-state index contributed by atoms with van der Waals surface area (Å²) >= 11 is 3.41. The van der Waals surface area contributed by atoms with Gasteiger partial charge in [0.05, 0.1) is 11.6 Å². The first kappa shape index (κ1) is 14.4. The molecule has 0 atom stereocenters. The standard InChI is InChI=1S/C15H20BrNO2/c1-19-14-9-8-11(10-13(14)16)15(18)17-12-6-4-2-3-5-7-12/h8-10,12H,2-7H2,1H3,(H,17,18). The lowest BCUT2D eigenvalue weighted by Gasteiger charge is -2.16. The first-order chi connectivity index (χ1) is 9.20. The summed E-state index contributed by atoms with van der Waals surface area (Å²) in [7, 11) is 1.62. The van der Waals surface area contributed by atoms with Crippen molar-refractivity contribution in [2.45, 2.75) is 44.6 Å². The van der Waals surface area contributed by atoms with Gasteiger partial charge in [0.15, 0.2) is 0 Å². The third-order valence-electron chi connectivity index (χ3n) is 3.60. The third-order valence-corrected chi connectivity index (χ3v) is 4.22. The number of hydrogen-bond donors (Lipinski definition) is 1. The Morgan fingerprint density at radius 2 is 1.95 bits per heavy atom. The summed E-state index contributed by atoms with van der Waals surface area (Å²) in [6.45, 7) is 0. The van der Waals surface area contributed by atoms with Crippen molar-refractivity contribution in [3.63, 3.8) is 0 Å². The van der Waals surface area contributed by atoms with E-state index in [1.165, 1.54) is 25.7 Å². The van der Waals surface area contributed by atoms with E-state index in [4.69, 9.17) is 4.74 Å². The minimum Gasteiger partial charge on any atom is -0.496 e. The lowest BCUT2D eigenvalue weighted by Crippen LogP contribution is -2.34. The van der Waals surface area contributed by atoms with E-state index in [0.717, 1.165) is 23.1 Å². The number of rotatable bonds is 3. The fourth-order valence-electron chi connectivity index (χ4n) is 2.50. The van der Waals surface area contributed by atoms with E-state index in [9.17, 15) is 4.79 Å². The van der Waals surface area contributed by atoms with E-state index in [1.54, 1.807) is 13.2 Å². The highest BCUT2D eigenvalue weighted by Crippen LogP contribution is 2.25. The highest BCUT2D eigenvalue weighted by atomic mass is 79.9. The molecule has 1 amide bonds. The van der Waals surface area contributed by atoms with Crippen LogP contribution in [0.3, 0.4) is 0 Å². The Morgan fingerprint density at radius 1 is 1.26 bits per heavy atom. The molecule has 1 aromatic carbocycles. The van der Waals surface area contributed by atoms with Crippen LogP contribution in [0.4, 0.5) is 0 Å². The molecular formula is C15H20BrNO2. The summed E-state index contributed by atoms with van der Waals surface area (Å²) in [6.07, 6.45) is 7.22. The molecular weight excluding hydrogens is 306 g/mol. The van der Waals surface area contributed by atoms with E-state index in [2.05, 4.69) is 21.2 Å². The number of carbonyl (C=O) groups excluding carboxylic acids is 1. The molecule has 0 bridgehead atoms. The molecule has 1 saturated carbocycles. The van der Waals surface area contributed by atoms with Crippen LogP contribution in [0, 0.1) is 0 Å². The maximum Gasteiger partial charge on any atom is 0.251 e. The second kappa shape index (κ2) is 6.94. The molecule has 0 unspecified atom stereocenters. The van der Waals surface area contributed by atoms with Gasteiger partial charge < -0.3 is 10.1 Å². The molecule has 3 nitrogen and oxygen atoms in total. The third kappa shape index (κ3) is 3.96. The molecule has 0 aliphatic heterocycles. The molecule has 104 valence electrons. The monoisotopic (exact) mass is 325 g/mol. The number of benzene rings is 1. The van der Waals surface area contributed by atoms with E-state index in [-0.39, 0.29) is 5.91 Å². The zero-order chi connectivity index (χ0) is 13.7. The summed E-state index contributed by atoms with van der Waals surface area (Å²) < 4.78 is 5.98. The lowest BCUT2D eigenvalue weighted by molar-refractivity contribution is 0.0933. The van der Waals surface area contributed by atoms with Crippen LogP contribution in [0.5, 0.6) is 5.75 Å². The van der Waals surface area contributed by atoms with Crippen LogP contribution in [0.2, 0.25) is 0 Å². The van der Waals surface area contributed by atoms with Crippen molar-refractivity contribution in [1.29, 1.82) is 0 Å². The van der Waals surface area contributed by atoms with Crippen molar-refractivity contribution in [3.05, 3.63) is 28.2 Å². The van der Waals surface area contributed by atoms with Crippen molar-refractivity contribution in [2.24, 2.45) is 0 Å². The molecule has 0 spiro atoms. The Balaban J connectivity index is 2.00. The van der Waals surface area contributed by atoms with Crippen LogP contribution >= 0.6 is 15.9 Å². The van der Waals surface area contributed by atoms with Crippen LogP contribution in [-0.4, -0.2) is 19.1 Å². The Bertz CT molecular complexity index is 440. The maximum atomic E-state index is 12.2. The average Bonchev–Trinajstić information content (AvgIpc) is 2.67. The van der Waals surface area contributed by atoms with E-state index >= 15 is 0 Å². The molecule has 1 aliphatic carbocycles. The lowest BCUT2D eigenvalue weighted by atomic mass is 10.1. The summed E-state index contributed by atoms with van der Waals surface area (Å²) in [5, 5.41) is 3.14. The molecule has 19 heavy (non-hydrogen) atoms. The summed E-state index contributed by atoms with van der Waals surface area (Å²) in [5.74, 6) is 0.751. The van der Waals surface area contributed by atoms with Crippen LogP contribution in [0.15, 0.2) is 22.7 Å². The Hall–Kier alpha value is -1.03.